The Kier molecular flexibility index (Phi) is 3.66. The first-order chi connectivity index (χ1) is 10.1. The first-order valence-corrected chi connectivity index (χ1v) is 6.99. The van der Waals surface area contributed by atoms with Crippen molar-refractivity contribution in [3.8, 4) is 5.69 Å². The molecule has 1 aromatic carbocycles. The molecule has 0 aliphatic heterocycles. The summed E-state index contributed by atoms with van der Waals surface area (Å²) in [4.78, 5) is 3.97. The van der Waals surface area contributed by atoms with Gasteiger partial charge in [0, 0.05) is 0 Å². The molecule has 0 bridgehead atoms. The molecule has 108 valence electrons. The van der Waals surface area contributed by atoms with Crippen LogP contribution in [0.4, 0.5) is 5.69 Å². The largest absolute Gasteiger partial charge is 0.464 e. The predicted molar refractivity (Wildman–Crippen MR) is 81.9 cm³/mol. The fourth-order valence-electron chi connectivity index (χ4n) is 2.18. The van der Waals surface area contributed by atoms with Crippen LogP contribution >= 0.6 is 11.6 Å². The molecule has 0 saturated heterocycles. The minimum Gasteiger partial charge on any atom is -0.464 e. The van der Waals surface area contributed by atoms with Crippen LogP contribution in [-0.4, -0.2) is 14.8 Å². The van der Waals surface area contributed by atoms with Gasteiger partial charge in [0.15, 0.2) is 0 Å². The van der Waals surface area contributed by atoms with E-state index in [2.05, 4.69) is 15.4 Å². The molecule has 2 aromatic heterocycles. The molecule has 2 heterocycles. The first kappa shape index (κ1) is 13.7. The molecule has 5 nitrogen and oxygen atoms in total. The SMILES string of the molecule is Cc1ccc(C(C)Nc2cccc(Cl)c2-n2cncn2)o1. The maximum atomic E-state index is 6.30. The fraction of sp³-hybridized carbons (Fsp3) is 0.200. The molecule has 1 N–H and O–H groups in total. The molecule has 0 spiro atoms. The Labute approximate surface area is 127 Å². The van der Waals surface area contributed by atoms with E-state index in [4.69, 9.17) is 16.0 Å². The van der Waals surface area contributed by atoms with Crippen LogP contribution < -0.4 is 5.32 Å². The number of aryl methyl sites for hydroxylation is 1. The van der Waals surface area contributed by atoms with Crippen LogP contribution in [0, 0.1) is 6.92 Å². The normalized spacial score (nSPS) is 12.3. The number of para-hydroxylation sites is 1. The van der Waals surface area contributed by atoms with E-state index in [1.54, 1.807) is 11.0 Å². The Balaban J connectivity index is 1.94. The number of nitrogens with zero attached hydrogens (tertiary/aromatic N) is 3. The summed E-state index contributed by atoms with van der Waals surface area (Å²) in [5.41, 5.74) is 1.64. The average molecular weight is 303 g/mol. The molecule has 0 fully saturated rings. The Morgan fingerprint density at radius 3 is 2.81 bits per heavy atom. The summed E-state index contributed by atoms with van der Waals surface area (Å²) in [5.74, 6) is 1.76. The molecular weight excluding hydrogens is 288 g/mol. The van der Waals surface area contributed by atoms with Gasteiger partial charge in [-0.3, -0.25) is 0 Å². The number of rotatable bonds is 4. The molecule has 3 aromatic rings. The van der Waals surface area contributed by atoms with Gasteiger partial charge in [0.2, 0.25) is 0 Å². The summed E-state index contributed by atoms with van der Waals surface area (Å²) in [6, 6.07) is 9.60. The van der Waals surface area contributed by atoms with Crippen LogP contribution in [0.5, 0.6) is 0 Å². The molecule has 0 radical (unpaired) electrons. The van der Waals surface area contributed by atoms with E-state index in [9.17, 15) is 0 Å². The van der Waals surface area contributed by atoms with E-state index in [-0.39, 0.29) is 6.04 Å². The molecule has 0 aliphatic carbocycles. The van der Waals surface area contributed by atoms with Crippen molar-refractivity contribution in [1.29, 1.82) is 0 Å². The molecule has 0 aliphatic rings. The minimum absolute atomic E-state index is 0.0134. The topological polar surface area (TPSA) is 55.9 Å². The first-order valence-electron chi connectivity index (χ1n) is 6.61. The number of furan rings is 1. The van der Waals surface area contributed by atoms with Crippen LogP contribution in [0.1, 0.15) is 24.5 Å². The summed E-state index contributed by atoms with van der Waals surface area (Å²) >= 11 is 6.30. The van der Waals surface area contributed by atoms with Crippen LogP contribution in [0.15, 0.2) is 47.4 Å². The lowest BCUT2D eigenvalue weighted by Crippen LogP contribution is -2.09. The highest BCUT2D eigenvalue weighted by atomic mass is 35.5. The molecule has 1 atom stereocenters. The third-order valence-corrected chi connectivity index (χ3v) is 3.50. The second-order valence-electron chi connectivity index (χ2n) is 4.79. The van der Waals surface area contributed by atoms with Crippen molar-refractivity contribution in [1.82, 2.24) is 14.8 Å². The summed E-state index contributed by atoms with van der Waals surface area (Å²) < 4.78 is 7.29. The van der Waals surface area contributed by atoms with Gasteiger partial charge in [-0.2, -0.15) is 5.10 Å². The number of benzene rings is 1. The molecule has 3 rings (SSSR count). The van der Waals surface area contributed by atoms with Gasteiger partial charge in [-0.15, -0.1) is 0 Å². The van der Waals surface area contributed by atoms with Gasteiger partial charge < -0.3 is 9.73 Å². The van der Waals surface area contributed by atoms with Crippen LogP contribution in [0.25, 0.3) is 5.69 Å². The van der Waals surface area contributed by atoms with Crippen molar-refractivity contribution in [2.24, 2.45) is 0 Å². The number of anilines is 1. The zero-order chi connectivity index (χ0) is 14.8. The van der Waals surface area contributed by atoms with Crippen LogP contribution in [-0.2, 0) is 0 Å². The van der Waals surface area contributed by atoms with Gasteiger partial charge in [-0.1, -0.05) is 17.7 Å². The Hall–Kier alpha value is -2.27. The third-order valence-electron chi connectivity index (χ3n) is 3.19. The molecular formula is C15H15ClN4O. The zero-order valence-corrected chi connectivity index (χ0v) is 12.5. The van der Waals surface area contributed by atoms with E-state index in [0.29, 0.717) is 5.02 Å². The molecule has 0 amide bonds. The van der Waals surface area contributed by atoms with Gasteiger partial charge in [-0.05, 0) is 38.1 Å². The average Bonchev–Trinajstić information content (AvgIpc) is 3.10. The number of aromatic nitrogens is 3. The van der Waals surface area contributed by atoms with E-state index < -0.39 is 0 Å². The quantitative estimate of drug-likeness (QED) is 0.791. The smallest absolute Gasteiger partial charge is 0.138 e. The van der Waals surface area contributed by atoms with E-state index in [1.807, 2.05) is 44.2 Å². The predicted octanol–water partition coefficient (Wildman–Crippen LogP) is 4.00. The molecule has 6 heteroatoms. The second kappa shape index (κ2) is 5.61. The Morgan fingerprint density at radius 1 is 1.29 bits per heavy atom. The monoisotopic (exact) mass is 302 g/mol. The highest BCUT2D eigenvalue weighted by Crippen LogP contribution is 2.30. The van der Waals surface area contributed by atoms with E-state index in [0.717, 1.165) is 22.9 Å². The minimum atomic E-state index is 0.0134. The lowest BCUT2D eigenvalue weighted by atomic mass is 10.2. The van der Waals surface area contributed by atoms with Crippen molar-refractivity contribution >= 4 is 17.3 Å². The maximum absolute atomic E-state index is 6.30. The van der Waals surface area contributed by atoms with Gasteiger partial charge in [0.1, 0.15) is 29.9 Å². The van der Waals surface area contributed by atoms with Crippen molar-refractivity contribution in [3.63, 3.8) is 0 Å². The van der Waals surface area contributed by atoms with Crippen molar-refractivity contribution < 1.29 is 4.42 Å². The van der Waals surface area contributed by atoms with Gasteiger partial charge in [0.05, 0.1) is 16.8 Å². The Bertz CT molecular complexity index is 736. The zero-order valence-electron chi connectivity index (χ0n) is 11.7. The second-order valence-corrected chi connectivity index (χ2v) is 5.20. The summed E-state index contributed by atoms with van der Waals surface area (Å²) in [7, 11) is 0. The number of halogens is 1. The highest BCUT2D eigenvalue weighted by molar-refractivity contribution is 6.33. The highest BCUT2D eigenvalue weighted by Gasteiger charge is 2.14. The van der Waals surface area contributed by atoms with E-state index >= 15 is 0 Å². The molecule has 21 heavy (non-hydrogen) atoms. The molecule has 1 unspecified atom stereocenters. The summed E-state index contributed by atoms with van der Waals surface area (Å²) in [6.07, 6.45) is 3.10. The van der Waals surface area contributed by atoms with Gasteiger partial charge >= 0.3 is 0 Å². The van der Waals surface area contributed by atoms with Gasteiger partial charge in [-0.25, -0.2) is 9.67 Å². The van der Waals surface area contributed by atoms with Crippen molar-refractivity contribution in [2.75, 3.05) is 5.32 Å². The maximum Gasteiger partial charge on any atom is 0.138 e. The van der Waals surface area contributed by atoms with Crippen LogP contribution in [0.2, 0.25) is 5.02 Å². The molecule has 0 saturated carbocycles. The fourth-order valence-corrected chi connectivity index (χ4v) is 2.44. The number of nitrogens with one attached hydrogen (secondary N) is 1. The number of hydrogen-bond donors (Lipinski definition) is 1. The van der Waals surface area contributed by atoms with E-state index in [1.165, 1.54) is 6.33 Å². The summed E-state index contributed by atoms with van der Waals surface area (Å²) in [5, 5.41) is 8.16. The van der Waals surface area contributed by atoms with Gasteiger partial charge in [0.25, 0.3) is 0 Å². The van der Waals surface area contributed by atoms with Crippen molar-refractivity contribution in [3.05, 3.63) is 59.5 Å². The number of hydrogen-bond acceptors (Lipinski definition) is 4. The Morgan fingerprint density at radius 2 is 2.14 bits per heavy atom. The van der Waals surface area contributed by atoms with Crippen molar-refractivity contribution in [2.45, 2.75) is 19.9 Å². The lowest BCUT2D eigenvalue weighted by molar-refractivity contribution is 0.467. The lowest BCUT2D eigenvalue weighted by Gasteiger charge is -2.17. The third kappa shape index (κ3) is 2.78. The summed E-state index contributed by atoms with van der Waals surface area (Å²) in [6.45, 7) is 3.96. The van der Waals surface area contributed by atoms with Crippen LogP contribution in [0.3, 0.4) is 0 Å². The standard InChI is InChI=1S/C15H15ClN4O/c1-10-6-7-14(21-10)11(2)19-13-5-3-4-12(16)15(13)20-9-17-8-18-20/h3-9,11,19H,1-2H3.